The predicted molar refractivity (Wildman–Crippen MR) is 107 cm³/mol. The first kappa shape index (κ1) is 18.8. The first-order chi connectivity index (χ1) is 13.2. The molecule has 144 valence electrons. The standard InChI is InChI=1S/C20H27N5O2/c1-2-21-19(23-15-18-9-6-12-27-18)22-14-16-7-5-8-17(13-16)24-20(26)25-10-3-4-11-25/h5-9,12-13H,2-4,10-11,14-15H2,1H3,(H,24,26)(H2,21,22,23). The smallest absolute Gasteiger partial charge is 0.321 e. The number of rotatable bonds is 6. The van der Waals surface area contributed by atoms with Gasteiger partial charge in [-0.15, -0.1) is 0 Å². The Kier molecular flexibility index (Phi) is 6.73. The van der Waals surface area contributed by atoms with Crippen molar-refractivity contribution in [1.29, 1.82) is 0 Å². The van der Waals surface area contributed by atoms with E-state index >= 15 is 0 Å². The number of carbonyl (C=O) groups is 1. The number of anilines is 1. The van der Waals surface area contributed by atoms with Gasteiger partial charge in [0.05, 0.1) is 19.4 Å². The topological polar surface area (TPSA) is 81.9 Å². The number of furan rings is 1. The number of likely N-dealkylation sites (tertiary alicyclic amines) is 1. The number of aliphatic imine (C=N–C) groups is 1. The monoisotopic (exact) mass is 369 g/mol. The van der Waals surface area contributed by atoms with Gasteiger partial charge in [-0.25, -0.2) is 9.79 Å². The molecule has 2 aromatic rings. The third-order valence-electron chi connectivity index (χ3n) is 4.35. The predicted octanol–water partition coefficient (Wildman–Crippen LogP) is 3.16. The van der Waals surface area contributed by atoms with Crippen molar-refractivity contribution in [3.8, 4) is 0 Å². The molecule has 1 fully saturated rings. The Labute approximate surface area is 159 Å². The van der Waals surface area contributed by atoms with Crippen molar-refractivity contribution in [1.82, 2.24) is 15.5 Å². The van der Waals surface area contributed by atoms with Crippen molar-refractivity contribution in [2.45, 2.75) is 32.9 Å². The molecule has 1 aromatic carbocycles. The van der Waals surface area contributed by atoms with Crippen LogP contribution in [0.25, 0.3) is 0 Å². The molecule has 0 saturated carbocycles. The lowest BCUT2D eigenvalue weighted by Gasteiger charge is -2.16. The summed E-state index contributed by atoms with van der Waals surface area (Å²) in [5.41, 5.74) is 1.83. The SMILES string of the molecule is CCNC(=NCc1cccc(NC(=O)N2CCCC2)c1)NCc1ccco1. The maximum absolute atomic E-state index is 12.2. The zero-order valence-electron chi connectivity index (χ0n) is 15.7. The van der Waals surface area contributed by atoms with E-state index in [1.807, 2.05) is 48.2 Å². The van der Waals surface area contributed by atoms with Crippen molar-refractivity contribution < 1.29 is 9.21 Å². The maximum Gasteiger partial charge on any atom is 0.321 e. The molecule has 0 atom stereocenters. The van der Waals surface area contributed by atoms with Crippen LogP contribution in [-0.2, 0) is 13.1 Å². The molecule has 7 nitrogen and oxygen atoms in total. The molecular formula is C20H27N5O2. The van der Waals surface area contributed by atoms with Crippen molar-refractivity contribution in [2.75, 3.05) is 25.0 Å². The molecule has 0 radical (unpaired) electrons. The summed E-state index contributed by atoms with van der Waals surface area (Å²) in [4.78, 5) is 18.7. The Morgan fingerprint density at radius 1 is 1.19 bits per heavy atom. The first-order valence-electron chi connectivity index (χ1n) is 9.44. The second-order valence-corrected chi connectivity index (χ2v) is 6.45. The number of nitrogens with one attached hydrogen (secondary N) is 3. The summed E-state index contributed by atoms with van der Waals surface area (Å²) in [6, 6.07) is 11.6. The van der Waals surface area contributed by atoms with E-state index in [1.165, 1.54) is 0 Å². The Morgan fingerprint density at radius 2 is 2.04 bits per heavy atom. The van der Waals surface area contributed by atoms with Crippen LogP contribution < -0.4 is 16.0 Å². The molecule has 3 rings (SSSR count). The average Bonchev–Trinajstić information content (AvgIpc) is 3.38. The summed E-state index contributed by atoms with van der Waals surface area (Å²) in [7, 11) is 0. The van der Waals surface area contributed by atoms with Crippen LogP contribution in [-0.4, -0.2) is 36.5 Å². The van der Waals surface area contributed by atoms with Gasteiger partial charge in [-0.1, -0.05) is 12.1 Å². The highest BCUT2D eigenvalue weighted by atomic mass is 16.3. The number of urea groups is 1. The van der Waals surface area contributed by atoms with Crippen molar-refractivity contribution >= 4 is 17.7 Å². The summed E-state index contributed by atoms with van der Waals surface area (Å²) in [6.45, 7) is 5.56. The van der Waals surface area contributed by atoms with Crippen LogP contribution in [0.3, 0.4) is 0 Å². The molecule has 2 amide bonds. The number of hydrogen-bond acceptors (Lipinski definition) is 3. The third-order valence-corrected chi connectivity index (χ3v) is 4.35. The van der Waals surface area contributed by atoms with E-state index in [0.29, 0.717) is 13.1 Å². The highest BCUT2D eigenvalue weighted by Crippen LogP contribution is 2.14. The highest BCUT2D eigenvalue weighted by molar-refractivity contribution is 5.89. The van der Waals surface area contributed by atoms with Crippen LogP contribution in [0.1, 0.15) is 31.1 Å². The molecule has 0 aliphatic carbocycles. The fourth-order valence-corrected chi connectivity index (χ4v) is 2.97. The summed E-state index contributed by atoms with van der Waals surface area (Å²) in [5.74, 6) is 1.58. The molecular weight excluding hydrogens is 342 g/mol. The average molecular weight is 369 g/mol. The van der Waals surface area contributed by atoms with E-state index in [9.17, 15) is 4.79 Å². The van der Waals surface area contributed by atoms with Gasteiger partial charge < -0.3 is 25.3 Å². The van der Waals surface area contributed by atoms with Gasteiger partial charge >= 0.3 is 6.03 Å². The third kappa shape index (κ3) is 5.77. The molecule has 1 saturated heterocycles. The van der Waals surface area contributed by atoms with Gasteiger partial charge in [-0.3, -0.25) is 0 Å². The van der Waals surface area contributed by atoms with Crippen LogP contribution in [0.2, 0.25) is 0 Å². The zero-order valence-corrected chi connectivity index (χ0v) is 15.7. The Balaban J connectivity index is 1.57. The molecule has 0 unspecified atom stereocenters. The second-order valence-electron chi connectivity index (χ2n) is 6.45. The van der Waals surface area contributed by atoms with E-state index in [0.717, 1.165) is 55.4 Å². The molecule has 1 aliphatic heterocycles. The number of guanidine groups is 1. The Bertz CT molecular complexity index is 751. The minimum atomic E-state index is -0.0263. The van der Waals surface area contributed by atoms with E-state index in [4.69, 9.17) is 4.42 Å². The van der Waals surface area contributed by atoms with Gasteiger partial charge in [0.25, 0.3) is 0 Å². The summed E-state index contributed by atoms with van der Waals surface area (Å²) in [5, 5.41) is 9.44. The van der Waals surface area contributed by atoms with E-state index in [2.05, 4.69) is 20.9 Å². The minimum Gasteiger partial charge on any atom is -0.467 e. The van der Waals surface area contributed by atoms with Gasteiger partial charge in [0.15, 0.2) is 5.96 Å². The molecule has 0 spiro atoms. The van der Waals surface area contributed by atoms with Crippen LogP contribution in [0.5, 0.6) is 0 Å². The Hall–Kier alpha value is -2.96. The number of hydrogen-bond donors (Lipinski definition) is 3. The molecule has 0 bridgehead atoms. The lowest BCUT2D eigenvalue weighted by atomic mass is 10.2. The van der Waals surface area contributed by atoms with Crippen molar-refractivity contribution in [2.24, 2.45) is 4.99 Å². The molecule has 1 aromatic heterocycles. The van der Waals surface area contributed by atoms with Gasteiger partial charge in [0.1, 0.15) is 5.76 Å². The number of amides is 2. The maximum atomic E-state index is 12.2. The van der Waals surface area contributed by atoms with Crippen LogP contribution in [0.4, 0.5) is 10.5 Å². The number of nitrogens with zero attached hydrogens (tertiary/aromatic N) is 2. The highest BCUT2D eigenvalue weighted by Gasteiger charge is 2.17. The van der Waals surface area contributed by atoms with Gasteiger partial charge in [-0.2, -0.15) is 0 Å². The lowest BCUT2D eigenvalue weighted by molar-refractivity contribution is 0.222. The first-order valence-corrected chi connectivity index (χ1v) is 9.44. The van der Waals surface area contributed by atoms with Crippen molar-refractivity contribution in [3.63, 3.8) is 0 Å². The van der Waals surface area contributed by atoms with Gasteiger partial charge in [-0.05, 0) is 49.6 Å². The molecule has 7 heteroatoms. The fraction of sp³-hybridized carbons (Fsp3) is 0.400. The van der Waals surface area contributed by atoms with Crippen molar-refractivity contribution in [3.05, 3.63) is 54.0 Å². The zero-order chi connectivity index (χ0) is 18.9. The van der Waals surface area contributed by atoms with Gasteiger partial charge in [0, 0.05) is 25.3 Å². The second kappa shape index (κ2) is 9.66. The number of carbonyl (C=O) groups excluding carboxylic acids is 1. The quantitative estimate of drug-likeness (QED) is 0.540. The molecule has 3 N–H and O–H groups in total. The lowest BCUT2D eigenvalue weighted by Crippen LogP contribution is -2.36. The normalized spacial score (nSPS) is 14.3. The van der Waals surface area contributed by atoms with Crippen LogP contribution in [0, 0.1) is 0 Å². The largest absolute Gasteiger partial charge is 0.467 e. The van der Waals surface area contributed by atoms with Crippen LogP contribution >= 0.6 is 0 Å². The van der Waals surface area contributed by atoms with E-state index in [-0.39, 0.29) is 6.03 Å². The minimum absolute atomic E-state index is 0.0263. The summed E-state index contributed by atoms with van der Waals surface area (Å²) < 4.78 is 5.33. The van der Waals surface area contributed by atoms with Gasteiger partial charge in [0.2, 0.25) is 0 Å². The van der Waals surface area contributed by atoms with E-state index in [1.54, 1.807) is 6.26 Å². The number of benzene rings is 1. The fourth-order valence-electron chi connectivity index (χ4n) is 2.97. The summed E-state index contributed by atoms with van der Waals surface area (Å²) >= 11 is 0. The van der Waals surface area contributed by atoms with Crippen LogP contribution in [0.15, 0.2) is 52.1 Å². The molecule has 27 heavy (non-hydrogen) atoms. The Morgan fingerprint density at radius 3 is 2.78 bits per heavy atom. The van der Waals surface area contributed by atoms with E-state index < -0.39 is 0 Å². The summed E-state index contributed by atoms with van der Waals surface area (Å²) in [6.07, 6.45) is 3.82. The molecule has 2 heterocycles. The molecule has 1 aliphatic rings.